The smallest absolute Gasteiger partial charge is 0.227 e. The third-order valence-electron chi connectivity index (χ3n) is 3.73. The molecule has 2 unspecified atom stereocenters. The summed E-state index contributed by atoms with van der Waals surface area (Å²) in [6.45, 7) is 5.74. The fraction of sp³-hybridized carbons (Fsp3) is 0.500. The number of ketones is 1. The number of carbonyl (C=O) groups excluding carboxylic acids is 2. The van der Waals surface area contributed by atoms with E-state index in [0.717, 1.165) is 24.1 Å². The Morgan fingerprint density at radius 1 is 1.45 bits per heavy atom. The Hall–Kier alpha value is -1.68. The molecule has 0 saturated heterocycles. The molecule has 20 heavy (non-hydrogen) atoms. The third-order valence-corrected chi connectivity index (χ3v) is 3.73. The van der Waals surface area contributed by atoms with Gasteiger partial charge in [-0.3, -0.25) is 9.59 Å². The van der Waals surface area contributed by atoms with E-state index in [4.69, 9.17) is 5.73 Å². The lowest BCUT2D eigenvalue weighted by molar-refractivity contribution is -0.118. The van der Waals surface area contributed by atoms with Crippen molar-refractivity contribution in [2.75, 3.05) is 4.90 Å². The van der Waals surface area contributed by atoms with Crippen LogP contribution >= 0.6 is 0 Å². The van der Waals surface area contributed by atoms with Crippen LogP contribution in [0.4, 0.5) is 5.69 Å². The highest BCUT2D eigenvalue weighted by atomic mass is 16.2. The van der Waals surface area contributed by atoms with Crippen LogP contribution in [0.1, 0.15) is 49.5 Å². The van der Waals surface area contributed by atoms with Crippen molar-refractivity contribution in [1.29, 1.82) is 0 Å². The topological polar surface area (TPSA) is 63.4 Å². The van der Waals surface area contributed by atoms with E-state index >= 15 is 0 Å². The summed E-state index contributed by atoms with van der Waals surface area (Å²) < 4.78 is 0. The van der Waals surface area contributed by atoms with Gasteiger partial charge in [-0.05, 0) is 50.5 Å². The molecule has 108 valence electrons. The fourth-order valence-corrected chi connectivity index (χ4v) is 2.76. The Morgan fingerprint density at radius 2 is 2.15 bits per heavy atom. The van der Waals surface area contributed by atoms with Gasteiger partial charge in [-0.15, -0.1) is 0 Å². The van der Waals surface area contributed by atoms with Crippen molar-refractivity contribution in [3.05, 3.63) is 29.3 Å². The normalized spacial score (nSPS) is 18.8. The van der Waals surface area contributed by atoms with Gasteiger partial charge in [-0.25, -0.2) is 0 Å². The van der Waals surface area contributed by atoms with Crippen molar-refractivity contribution in [2.45, 2.75) is 52.1 Å². The van der Waals surface area contributed by atoms with Gasteiger partial charge < -0.3 is 10.6 Å². The molecule has 0 aliphatic carbocycles. The first-order valence-corrected chi connectivity index (χ1v) is 7.20. The van der Waals surface area contributed by atoms with Crippen LogP contribution in [-0.4, -0.2) is 23.8 Å². The van der Waals surface area contributed by atoms with E-state index in [1.54, 1.807) is 13.0 Å². The lowest BCUT2D eigenvalue weighted by Crippen LogP contribution is -2.35. The predicted molar refractivity (Wildman–Crippen MR) is 80.0 cm³/mol. The highest BCUT2D eigenvalue weighted by molar-refractivity contribution is 6.02. The predicted octanol–water partition coefficient (Wildman–Crippen LogP) is 2.29. The fourth-order valence-electron chi connectivity index (χ4n) is 2.76. The minimum Gasteiger partial charge on any atom is -0.321 e. The van der Waals surface area contributed by atoms with E-state index in [2.05, 4.69) is 0 Å². The van der Waals surface area contributed by atoms with Crippen LogP contribution in [0, 0.1) is 0 Å². The average Bonchev–Trinajstić information content (AvgIpc) is 2.72. The molecule has 1 amide bonds. The van der Waals surface area contributed by atoms with Gasteiger partial charge in [0.25, 0.3) is 0 Å². The average molecular weight is 274 g/mol. The number of hydrogen-bond acceptors (Lipinski definition) is 3. The summed E-state index contributed by atoms with van der Waals surface area (Å²) in [6.07, 6.45) is 2.20. The number of benzene rings is 1. The van der Waals surface area contributed by atoms with E-state index in [0.29, 0.717) is 12.0 Å². The number of hydrogen-bond donors (Lipinski definition) is 1. The maximum Gasteiger partial charge on any atom is 0.227 e. The van der Waals surface area contributed by atoms with Gasteiger partial charge in [-0.2, -0.15) is 0 Å². The standard InChI is InChI=1S/C16H22N2O2/c1-4-5-15(19)18-10(2)8-13-9-12(6-7-14(13)18)16(20)11(3)17/h6-7,9-11H,4-5,8,17H2,1-3H3. The molecule has 1 aliphatic rings. The molecule has 2 atom stereocenters. The molecular weight excluding hydrogens is 252 g/mol. The number of nitrogens with two attached hydrogens (primary N) is 1. The third kappa shape index (κ3) is 2.61. The molecular formula is C16H22N2O2. The van der Waals surface area contributed by atoms with Crippen molar-refractivity contribution in [3.8, 4) is 0 Å². The molecule has 4 nitrogen and oxygen atoms in total. The highest BCUT2D eigenvalue weighted by Crippen LogP contribution is 2.33. The van der Waals surface area contributed by atoms with E-state index in [1.807, 2.05) is 30.9 Å². The first-order chi connectivity index (χ1) is 9.45. The lowest BCUT2D eigenvalue weighted by atomic mass is 10.0. The number of fused-ring (bicyclic) bond motifs is 1. The molecule has 4 heteroatoms. The maximum absolute atomic E-state index is 12.2. The number of nitrogens with zero attached hydrogens (tertiary/aromatic N) is 1. The van der Waals surface area contributed by atoms with Gasteiger partial charge in [0.15, 0.2) is 5.78 Å². The van der Waals surface area contributed by atoms with Crippen LogP contribution in [0.15, 0.2) is 18.2 Å². The molecule has 2 rings (SSSR count). The van der Waals surface area contributed by atoms with E-state index in [9.17, 15) is 9.59 Å². The quantitative estimate of drug-likeness (QED) is 0.857. The first-order valence-electron chi connectivity index (χ1n) is 7.20. The molecule has 0 spiro atoms. The molecule has 1 aromatic carbocycles. The monoisotopic (exact) mass is 274 g/mol. The molecule has 1 aromatic rings. The van der Waals surface area contributed by atoms with E-state index < -0.39 is 6.04 Å². The summed E-state index contributed by atoms with van der Waals surface area (Å²) in [5, 5.41) is 0. The number of anilines is 1. The van der Waals surface area contributed by atoms with Gasteiger partial charge in [-0.1, -0.05) is 6.92 Å². The van der Waals surface area contributed by atoms with E-state index in [-0.39, 0.29) is 17.7 Å². The van der Waals surface area contributed by atoms with Crippen LogP contribution in [-0.2, 0) is 11.2 Å². The molecule has 0 saturated carbocycles. The van der Waals surface area contributed by atoms with Crippen molar-refractivity contribution < 1.29 is 9.59 Å². The Morgan fingerprint density at radius 3 is 2.75 bits per heavy atom. The SMILES string of the molecule is CCCC(=O)N1c2ccc(C(=O)C(C)N)cc2CC1C. The Labute approximate surface area is 119 Å². The minimum atomic E-state index is -0.496. The summed E-state index contributed by atoms with van der Waals surface area (Å²) in [4.78, 5) is 26.0. The zero-order valence-corrected chi connectivity index (χ0v) is 12.3. The maximum atomic E-state index is 12.2. The van der Waals surface area contributed by atoms with Crippen LogP contribution in [0.2, 0.25) is 0 Å². The second-order valence-corrected chi connectivity index (χ2v) is 5.56. The van der Waals surface area contributed by atoms with Crippen molar-refractivity contribution >= 4 is 17.4 Å². The second-order valence-electron chi connectivity index (χ2n) is 5.56. The van der Waals surface area contributed by atoms with Crippen LogP contribution in [0.25, 0.3) is 0 Å². The van der Waals surface area contributed by atoms with Gasteiger partial charge >= 0.3 is 0 Å². The van der Waals surface area contributed by atoms with Crippen molar-refractivity contribution in [1.82, 2.24) is 0 Å². The molecule has 0 aromatic heterocycles. The van der Waals surface area contributed by atoms with Crippen LogP contribution in [0.3, 0.4) is 0 Å². The molecule has 0 radical (unpaired) electrons. The first kappa shape index (κ1) is 14.7. The van der Waals surface area contributed by atoms with Crippen molar-refractivity contribution in [2.24, 2.45) is 5.73 Å². The lowest BCUT2D eigenvalue weighted by Gasteiger charge is -2.22. The summed E-state index contributed by atoms with van der Waals surface area (Å²) in [7, 11) is 0. The Kier molecular flexibility index (Phi) is 4.23. The zero-order valence-electron chi connectivity index (χ0n) is 12.3. The summed E-state index contributed by atoms with van der Waals surface area (Å²) in [6, 6.07) is 5.20. The molecule has 1 heterocycles. The number of rotatable bonds is 4. The number of Topliss-reactive ketones (excluding diaryl/α,β-unsaturated/α-hetero) is 1. The molecule has 2 N–H and O–H groups in total. The minimum absolute atomic E-state index is 0.0567. The van der Waals surface area contributed by atoms with Crippen LogP contribution in [0.5, 0.6) is 0 Å². The Balaban J connectivity index is 2.32. The summed E-state index contributed by atoms with van der Waals surface area (Å²) in [5.41, 5.74) is 8.28. The summed E-state index contributed by atoms with van der Waals surface area (Å²) >= 11 is 0. The highest BCUT2D eigenvalue weighted by Gasteiger charge is 2.30. The van der Waals surface area contributed by atoms with Crippen molar-refractivity contribution in [3.63, 3.8) is 0 Å². The van der Waals surface area contributed by atoms with E-state index in [1.165, 1.54) is 0 Å². The number of amides is 1. The van der Waals surface area contributed by atoms with Crippen LogP contribution < -0.4 is 10.6 Å². The Bertz CT molecular complexity index is 537. The largest absolute Gasteiger partial charge is 0.321 e. The summed E-state index contributed by atoms with van der Waals surface area (Å²) in [5.74, 6) is 0.101. The van der Waals surface area contributed by atoms with Gasteiger partial charge in [0, 0.05) is 23.7 Å². The van der Waals surface area contributed by atoms with Gasteiger partial charge in [0.05, 0.1) is 6.04 Å². The van der Waals surface area contributed by atoms with Gasteiger partial charge in [0.2, 0.25) is 5.91 Å². The molecule has 0 fully saturated rings. The second kappa shape index (κ2) is 5.75. The zero-order chi connectivity index (χ0) is 14.9. The number of carbonyl (C=O) groups is 2. The van der Waals surface area contributed by atoms with Gasteiger partial charge in [0.1, 0.15) is 0 Å². The molecule has 1 aliphatic heterocycles. The molecule has 0 bridgehead atoms.